The van der Waals surface area contributed by atoms with Crippen LogP contribution in [0.25, 0.3) is 10.6 Å². The predicted octanol–water partition coefficient (Wildman–Crippen LogP) is 2.89. The van der Waals surface area contributed by atoms with Crippen LogP contribution in [0.3, 0.4) is 0 Å². The average molecular weight is 213 g/mol. The van der Waals surface area contributed by atoms with E-state index in [4.69, 9.17) is 11.6 Å². The van der Waals surface area contributed by atoms with Gasteiger partial charge in [-0.05, 0) is 11.4 Å². The largest absolute Gasteiger partial charge is 0.275 e. The standard InChI is InChI=1S/C9H9ClN2S/c1-12-6-7(5-10)9(11-12)8-3-2-4-13-8/h2-4,6H,5H2,1H3. The van der Waals surface area contributed by atoms with E-state index in [9.17, 15) is 0 Å². The number of aromatic nitrogens is 2. The van der Waals surface area contributed by atoms with E-state index in [2.05, 4.69) is 11.2 Å². The lowest BCUT2D eigenvalue weighted by atomic mass is 10.2. The lowest BCUT2D eigenvalue weighted by Gasteiger charge is -1.92. The summed E-state index contributed by atoms with van der Waals surface area (Å²) in [5.41, 5.74) is 2.10. The zero-order valence-corrected chi connectivity index (χ0v) is 8.77. The van der Waals surface area contributed by atoms with Crippen LogP contribution in [0.5, 0.6) is 0 Å². The van der Waals surface area contributed by atoms with Gasteiger partial charge in [0.2, 0.25) is 0 Å². The second kappa shape index (κ2) is 3.52. The van der Waals surface area contributed by atoms with E-state index < -0.39 is 0 Å². The van der Waals surface area contributed by atoms with Gasteiger partial charge in [0.25, 0.3) is 0 Å². The maximum absolute atomic E-state index is 5.81. The van der Waals surface area contributed by atoms with Gasteiger partial charge in [-0.15, -0.1) is 22.9 Å². The maximum atomic E-state index is 5.81. The fourth-order valence-corrected chi connectivity index (χ4v) is 2.20. The van der Waals surface area contributed by atoms with E-state index in [0.717, 1.165) is 11.3 Å². The minimum absolute atomic E-state index is 0.515. The van der Waals surface area contributed by atoms with Crippen molar-refractivity contribution in [2.45, 2.75) is 5.88 Å². The van der Waals surface area contributed by atoms with Crippen molar-refractivity contribution in [3.05, 3.63) is 29.3 Å². The van der Waals surface area contributed by atoms with Crippen molar-refractivity contribution in [1.29, 1.82) is 0 Å². The molecule has 0 amide bonds. The summed E-state index contributed by atoms with van der Waals surface area (Å²) < 4.78 is 1.80. The van der Waals surface area contributed by atoms with Gasteiger partial charge in [-0.25, -0.2) is 0 Å². The van der Waals surface area contributed by atoms with Crippen LogP contribution in [0.2, 0.25) is 0 Å². The van der Waals surface area contributed by atoms with Gasteiger partial charge in [0.15, 0.2) is 0 Å². The molecule has 2 rings (SSSR count). The molecule has 0 aliphatic heterocycles. The molecular weight excluding hydrogens is 204 g/mol. The maximum Gasteiger partial charge on any atom is 0.107 e. The van der Waals surface area contributed by atoms with Gasteiger partial charge in [0, 0.05) is 18.8 Å². The lowest BCUT2D eigenvalue weighted by Crippen LogP contribution is -1.86. The van der Waals surface area contributed by atoms with Crippen molar-refractivity contribution in [2.75, 3.05) is 0 Å². The Labute approximate surface area is 85.8 Å². The van der Waals surface area contributed by atoms with Crippen molar-refractivity contribution >= 4 is 22.9 Å². The molecule has 2 aromatic rings. The molecule has 0 aliphatic rings. The van der Waals surface area contributed by atoms with Crippen LogP contribution in [-0.2, 0) is 12.9 Å². The van der Waals surface area contributed by atoms with Gasteiger partial charge in [0.05, 0.1) is 10.8 Å². The first-order valence-corrected chi connectivity index (χ1v) is 5.35. The Morgan fingerprint density at radius 2 is 2.46 bits per heavy atom. The summed E-state index contributed by atoms with van der Waals surface area (Å²) in [6, 6.07) is 4.08. The quantitative estimate of drug-likeness (QED) is 0.700. The second-order valence-corrected chi connectivity index (χ2v) is 4.00. The van der Waals surface area contributed by atoms with Crippen molar-refractivity contribution in [3.8, 4) is 10.6 Å². The molecule has 0 radical (unpaired) electrons. The number of rotatable bonds is 2. The van der Waals surface area contributed by atoms with E-state index in [0.29, 0.717) is 5.88 Å². The van der Waals surface area contributed by atoms with E-state index in [-0.39, 0.29) is 0 Å². The van der Waals surface area contributed by atoms with Crippen LogP contribution < -0.4 is 0 Å². The number of halogens is 1. The zero-order chi connectivity index (χ0) is 9.26. The van der Waals surface area contributed by atoms with Crippen LogP contribution >= 0.6 is 22.9 Å². The first-order valence-electron chi connectivity index (χ1n) is 3.93. The van der Waals surface area contributed by atoms with Crippen LogP contribution in [0.1, 0.15) is 5.56 Å². The first-order chi connectivity index (χ1) is 6.31. The Morgan fingerprint density at radius 3 is 3.08 bits per heavy atom. The zero-order valence-electron chi connectivity index (χ0n) is 7.20. The average Bonchev–Trinajstić information content (AvgIpc) is 2.71. The number of nitrogens with zero attached hydrogens (tertiary/aromatic N) is 2. The number of aryl methyl sites for hydroxylation is 1. The van der Waals surface area contributed by atoms with Crippen molar-refractivity contribution in [1.82, 2.24) is 9.78 Å². The molecule has 0 N–H and O–H groups in total. The third-order valence-corrected chi connectivity index (χ3v) is 2.97. The van der Waals surface area contributed by atoms with Gasteiger partial charge in [-0.2, -0.15) is 5.10 Å². The summed E-state index contributed by atoms with van der Waals surface area (Å²) in [7, 11) is 1.91. The normalized spacial score (nSPS) is 10.6. The molecule has 0 atom stereocenters. The monoisotopic (exact) mass is 212 g/mol. The molecule has 13 heavy (non-hydrogen) atoms. The molecule has 0 aliphatic carbocycles. The fraction of sp³-hybridized carbons (Fsp3) is 0.222. The van der Waals surface area contributed by atoms with E-state index in [1.807, 2.05) is 24.7 Å². The minimum Gasteiger partial charge on any atom is -0.275 e. The lowest BCUT2D eigenvalue weighted by molar-refractivity contribution is 0.771. The molecule has 0 saturated carbocycles. The first kappa shape index (κ1) is 8.78. The predicted molar refractivity (Wildman–Crippen MR) is 56.1 cm³/mol. The minimum atomic E-state index is 0.515. The third-order valence-electron chi connectivity index (χ3n) is 1.80. The summed E-state index contributed by atoms with van der Waals surface area (Å²) in [5, 5.41) is 6.41. The number of alkyl halides is 1. The molecule has 0 spiro atoms. The summed E-state index contributed by atoms with van der Waals surface area (Å²) in [6.45, 7) is 0. The molecule has 4 heteroatoms. The molecule has 0 aromatic carbocycles. The highest BCUT2D eigenvalue weighted by molar-refractivity contribution is 7.13. The van der Waals surface area contributed by atoms with Gasteiger partial charge in [0.1, 0.15) is 5.69 Å². The Bertz CT molecular complexity index is 392. The Hall–Kier alpha value is -0.800. The molecule has 0 saturated heterocycles. The molecule has 2 aromatic heterocycles. The van der Waals surface area contributed by atoms with Gasteiger partial charge in [-0.3, -0.25) is 4.68 Å². The second-order valence-electron chi connectivity index (χ2n) is 2.79. The highest BCUT2D eigenvalue weighted by Crippen LogP contribution is 2.27. The SMILES string of the molecule is Cn1cc(CCl)c(-c2cccs2)n1. The van der Waals surface area contributed by atoms with E-state index in [1.165, 1.54) is 4.88 Å². The number of thiophene rings is 1. The topological polar surface area (TPSA) is 17.8 Å². The van der Waals surface area contributed by atoms with E-state index >= 15 is 0 Å². The molecule has 0 unspecified atom stereocenters. The Morgan fingerprint density at radius 1 is 1.62 bits per heavy atom. The molecular formula is C9H9ClN2S. The Kier molecular flexibility index (Phi) is 2.38. The highest BCUT2D eigenvalue weighted by Gasteiger charge is 2.09. The number of hydrogen-bond donors (Lipinski definition) is 0. The van der Waals surface area contributed by atoms with Crippen molar-refractivity contribution in [2.24, 2.45) is 7.05 Å². The molecule has 2 nitrogen and oxygen atoms in total. The fourth-order valence-electron chi connectivity index (χ4n) is 1.26. The van der Waals surface area contributed by atoms with E-state index in [1.54, 1.807) is 16.0 Å². The molecule has 0 bridgehead atoms. The number of hydrogen-bond acceptors (Lipinski definition) is 2. The third kappa shape index (κ3) is 1.62. The van der Waals surface area contributed by atoms with Gasteiger partial charge < -0.3 is 0 Å². The van der Waals surface area contributed by atoms with Crippen LogP contribution in [-0.4, -0.2) is 9.78 Å². The Balaban J connectivity index is 2.50. The summed E-state index contributed by atoms with van der Waals surface area (Å²) in [4.78, 5) is 1.18. The summed E-state index contributed by atoms with van der Waals surface area (Å²) >= 11 is 7.50. The molecule has 68 valence electrons. The molecule has 0 fully saturated rings. The molecule has 2 heterocycles. The summed E-state index contributed by atoms with van der Waals surface area (Å²) in [6.07, 6.45) is 1.96. The highest BCUT2D eigenvalue weighted by atomic mass is 35.5. The van der Waals surface area contributed by atoms with Gasteiger partial charge >= 0.3 is 0 Å². The van der Waals surface area contributed by atoms with Crippen LogP contribution in [0.4, 0.5) is 0 Å². The summed E-state index contributed by atoms with van der Waals surface area (Å²) in [5.74, 6) is 0.515. The van der Waals surface area contributed by atoms with Crippen molar-refractivity contribution in [3.63, 3.8) is 0 Å². The van der Waals surface area contributed by atoms with Gasteiger partial charge in [-0.1, -0.05) is 6.07 Å². The van der Waals surface area contributed by atoms with Crippen LogP contribution in [0.15, 0.2) is 23.7 Å². The van der Waals surface area contributed by atoms with Crippen molar-refractivity contribution < 1.29 is 0 Å². The smallest absolute Gasteiger partial charge is 0.107 e. The van der Waals surface area contributed by atoms with Crippen LogP contribution in [0, 0.1) is 0 Å².